The van der Waals surface area contributed by atoms with Crippen molar-refractivity contribution in [2.24, 2.45) is 0 Å². The Morgan fingerprint density at radius 2 is 1.96 bits per heavy atom. The zero-order chi connectivity index (χ0) is 18.7. The first-order valence-electron chi connectivity index (χ1n) is 8.13. The van der Waals surface area contributed by atoms with E-state index in [4.69, 9.17) is 0 Å². The Kier molecular flexibility index (Phi) is 3.53. The normalized spacial score (nSPS) is 15.3. The van der Waals surface area contributed by atoms with Crippen molar-refractivity contribution in [3.63, 3.8) is 0 Å². The van der Waals surface area contributed by atoms with E-state index in [2.05, 4.69) is 31.4 Å². The average Bonchev–Trinajstić information content (AvgIpc) is 3.27. The molecule has 1 N–H and O–H groups in total. The van der Waals surface area contributed by atoms with E-state index < -0.39 is 0 Å². The molecule has 0 saturated heterocycles. The van der Waals surface area contributed by atoms with Gasteiger partial charge in [-0.1, -0.05) is 51.0 Å². The first-order chi connectivity index (χ1) is 13.0. The standard InChI is InChI=1S/C19H11BrN4O2S/c1-9-3-2-4-10(7-9)16-22-23-19-24(16)18(26)15(27-19)14-12-8-11(20)5-6-13(12)21-17(14)25/h2-8H,1H3,(H,21,25). The van der Waals surface area contributed by atoms with Crippen LogP contribution in [0.25, 0.3) is 21.9 Å². The maximum absolute atomic E-state index is 13.2. The highest BCUT2D eigenvalue weighted by Gasteiger charge is 2.28. The van der Waals surface area contributed by atoms with E-state index in [0.29, 0.717) is 32.1 Å². The SMILES string of the molecule is Cc1cccc(-c2nnc3sc(=C4C(=O)Nc5ccc(Br)cc54)c(=O)n23)c1. The zero-order valence-corrected chi connectivity index (χ0v) is 16.4. The summed E-state index contributed by atoms with van der Waals surface area (Å²) in [5.74, 6) is 0.199. The monoisotopic (exact) mass is 438 g/mol. The largest absolute Gasteiger partial charge is 0.321 e. The number of anilines is 1. The van der Waals surface area contributed by atoms with Gasteiger partial charge in [-0.05, 0) is 31.2 Å². The van der Waals surface area contributed by atoms with Gasteiger partial charge in [0.2, 0.25) is 4.96 Å². The molecule has 8 heteroatoms. The van der Waals surface area contributed by atoms with Crippen molar-refractivity contribution in [1.82, 2.24) is 14.6 Å². The predicted molar refractivity (Wildman–Crippen MR) is 108 cm³/mol. The minimum absolute atomic E-state index is 0.283. The molecular formula is C19H11BrN4O2S. The number of hydrogen-bond donors (Lipinski definition) is 1. The minimum atomic E-state index is -0.283. The summed E-state index contributed by atoms with van der Waals surface area (Å²) in [6.45, 7) is 1.98. The van der Waals surface area contributed by atoms with Gasteiger partial charge >= 0.3 is 0 Å². The van der Waals surface area contributed by atoms with Crippen LogP contribution in [-0.4, -0.2) is 20.5 Å². The van der Waals surface area contributed by atoms with Crippen molar-refractivity contribution in [3.05, 3.63) is 73.0 Å². The van der Waals surface area contributed by atoms with E-state index in [0.717, 1.165) is 15.6 Å². The summed E-state index contributed by atoms with van der Waals surface area (Å²) < 4.78 is 2.68. The highest BCUT2D eigenvalue weighted by molar-refractivity contribution is 9.10. The van der Waals surface area contributed by atoms with Gasteiger partial charge in [-0.2, -0.15) is 0 Å². The summed E-state index contributed by atoms with van der Waals surface area (Å²) in [5.41, 5.74) is 3.38. The van der Waals surface area contributed by atoms with Crippen molar-refractivity contribution >= 4 is 49.4 Å². The number of aryl methyl sites for hydroxylation is 1. The molecular weight excluding hydrogens is 428 g/mol. The number of nitrogens with zero attached hydrogens (tertiary/aromatic N) is 3. The van der Waals surface area contributed by atoms with Crippen LogP contribution in [-0.2, 0) is 4.79 Å². The number of amides is 1. The Balaban J connectivity index is 1.84. The number of aromatic nitrogens is 3. The van der Waals surface area contributed by atoms with Crippen LogP contribution in [0.2, 0.25) is 0 Å². The highest BCUT2D eigenvalue weighted by atomic mass is 79.9. The lowest BCUT2D eigenvalue weighted by atomic mass is 10.1. The molecule has 0 bridgehead atoms. The Bertz CT molecular complexity index is 1370. The lowest BCUT2D eigenvalue weighted by Gasteiger charge is -1.98. The summed E-state index contributed by atoms with van der Waals surface area (Å²) in [5, 5.41) is 11.1. The van der Waals surface area contributed by atoms with Gasteiger partial charge < -0.3 is 5.32 Å². The molecule has 2 aromatic heterocycles. The van der Waals surface area contributed by atoms with Gasteiger partial charge in [-0.15, -0.1) is 10.2 Å². The molecule has 4 aromatic rings. The summed E-state index contributed by atoms with van der Waals surface area (Å²) in [6, 6.07) is 13.2. The molecule has 1 aliphatic rings. The molecule has 5 rings (SSSR count). The fourth-order valence-electron chi connectivity index (χ4n) is 3.25. The Morgan fingerprint density at radius 3 is 2.78 bits per heavy atom. The number of carbonyl (C=O) groups is 1. The van der Waals surface area contributed by atoms with Crippen LogP contribution in [0.5, 0.6) is 0 Å². The minimum Gasteiger partial charge on any atom is -0.321 e. The molecule has 0 unspecified atom stereocenters. The lowest BCUT2D eigenvalue weighted by molar-refractivity contribution is -0.110. The highest BCUT2D eigenvalue weighted by Crippen LogP contribution is 2.32. The Labute approximate surface area is 165 Å². The van der Waals surface area contributed by atoms with Gasteiger partial charge in [0.15, 0.2) is 5.82 Å². The van der Waals surface area contributed by atoms with Gasteiger partial charge in [-0.3, -0.25) is 9.59 Å². The number of rotatable bonds is 1. The second kappa shape index (κ2) is 5.83. The first kappa shape index (κ1) is 16.3. The number of thiazole rings is 1. The van der Waals surface area contributed by atoms with Crippen LogP contribution in [0.3, 0.4) is 0 Å². The van der Waals surface area contributed by atoms with Crippen LogP contribution >= 0.6 is 27.3 Å². The molecule has 0 aliphatic carbocycles. The van der Waals surface area contributed by atoms with Crippen molar-refractivity contribution in [2.45, 2.75) is 6.92 Å². The maximum Gasteiger partial charge on any atom is 0.277 e. The predicted octanol–water partition coefficient (Wildman–Crippen LogP) is 2.76. The zero-order valence-electron chi connectivity index (χ0n) is 14.0. The molecule has 1 aliphatic heterocycles. The molecule has 3 heterocycles. The molecule has 2 aromatic carbocycles. The van der Waals surface area contributed by atoms with Crippen LogP contribution in [0, 0.1) is 6.92 Å². The third-order valence-corrected chi connectivity index (χ3v) is 5.98. The third kappa shape index (κ3) is 2.44. The quantitative estimate of drug-likeness (QED) is 0.495. The van der Waals surface area contributed by atoms with Crippen LogP contribution in [0.1, 0.15) is 11.1 Å². The van der Waals surface area contributed by atoms with Gasteiger partial charge in [0.05, 0.1) is 5.57 Å². The van der Waals surface area contributed by atoms with Crippen molar-refractivity contribution in [3.8, 4) is 11.4 Å². The summed E-state index contributed by atoms with van der Waals surface area (Å²) in [6.07, 6.45) is 0. The summed E-state index contributed by atoms with van der Waals surface area (Å²) in [4.78, 5) is 26.2. The van der Waals surface area contributed by atoms with Gasteiger partial charge in [0.1, 0.15) is 4.53 Å². The van der Waals surface area contributed by atoms with Crippen LogP contribution in [0.4, 0.5) is 5.69 Å². The average molecular weight is 439 g/mol. The number of benzene rings is 2. The van der Waals surface area contributed by atoms with Crippen molar-refractivity contribution in [2.75, 3.05) is 5.32 Å². The summed E-state index contributed by atoms with van der Waals surface area (Å²) >= 11 is 4.60. The van der Waals surface area contributed by atoms with E-state index in [1.165, 1.54) is 15.7 Å². The fourth-order valence-corrected chi connectivity index (χ4v) is 4.62. The molecule has 27 heavy (non-hydrogen) atoms. The number of hydrogen-bond acceptors (Lipinski definition) is 5. The molecule has 0 fully saturated rings. The third-order valence-electron chi connectivity index (χ3n) is 4.45. The van der Waals surface area contributed by atoms with Crippen molar-refractivity contribution < 1.29 is 4.79 Å². The molecule has 132 valence electrons. The van der Waals surface area contributed by atoms with Gasteiger partial charge in [0.25, 0.3) is 11.5 Å². The van der Waals surface area contributed by atoms with E-state index >= 15 is 0 Å². The number of nitrogens with one attached hydrogen (secondary N) is 1. The molecule has 0 spiro atoms. The number of fused-ring (bicyclic) bond motifs is 2. The first-order valence-corrected chi connectivity index (χ1v) is 9.74. The number of halogens is 1. The van der Waals surface area contributed by atoms with Crippen LogP contribution < -0.4 is 15.4 Å². The Morgan fingerprint density at radius 1 is 1.11 bits per heavy atom. The maximum atomic E-state index is 13.2. The van der Waals surface area contributed by atoms with E-state index in [9.17, 15) is 9.59 Å². The van der Waals surface area contributed by atoms with E-state index in [1.807, 2.05) is 49.4 Å². The second-order valence-corrected chi connectivity index (χ2v) is 8.16. The molecule has 1 amide bonds. The Hall–Kier alpha value is -2.84. The molecule has 0 radical (unpaired) electrons. The second-order valence-electron chi connectivity index (χ2n) is 6.27. The van der Waals surface area contributed by atoms with E-state index in [-0.39, 0.29) is 11.5 Å². The van der Waals surface area contributed by atoms with E-state index in [1.54, 1.807) is 0 Å². The van der Waals surface area contributed by atoms with Gasteiger partial charge in [0, 0.05) is 21.3 Å². The topological polar surface area (TPSA) is 76.4 Å². The fraction of sp³-hybridized carbons (Fsp3) is 0.0526. The molecule has 6 nitrogen and oxygen atoms in total. The molecule has 0 atom stereocenters. The summed E-state index contributed by atoms with van der Waals surface area (Å²) in [7, 11) is 0. The molecule has 0 saturated carbocycles. The number of carbonyl (C=O) groups excluding carboxylic acids is 1. The lowest BCUT2D eigenvalue weighted by Crippen LogP contribution is -2.28. The van der Waals surface area contributed by atoms with Crippen molar-refractivity contribution in [1.29, 1.82) is 0 Å². The van der Waals surface area contributed by atoms with Crippen LogP contribution in [0.15, 0.2) is 51.7 Å². The smallest absolute Gasteiger partial charge is 0.277 e. The van der Waals surface area contributed by atoms with Gasteiger partial charge in [-0.25, -0.2) is 4.40 Å².